The van der Waals surface area contributed by atoms with Crippen molar-refractivity contribution in [3.8, 4) is 11.3 Å². The molecule has 4 rings (SSSR count). The van der Waals surface area contributed by atoms with Crippen molar-refractivity contribution in [1.82, 2.24) is 14.4 Å². The molecule has 3 N–H and O–H groups in total. The van der Waals surface area contributed by atoms with E-state index in [1.54, 1.807) is 12.3 Å². The molecule has 1 aromatic carbocycles. The average molecular weight is 311 g/mol. The fourth-order valence-corrected chi connectivity index (χ4v) is 3.36. The van der Waals surface area contributed by atoms with Crippen LogP contribution in [0.2, 0.25) is 0 Å². The molecule has 3 aromatic rings. The van der Waals surface area contributed by atoms with Crippen molar-refractivity contribution in [2.24, 2.45) is 0 Å². The van der Waals surface area contributed by atoms with Gasteiger partial charge in [0.05, 0.1) is 0 Å². The van der Waals surface area contributed by atoms with Crippen molar-refractivity contribution in [1.29, 1.82) is 0 Å². The SMILES string of the molecule is CCc1cnc(N)c2c(-c3ccc4c(c3F)CCN4)nc(C)n12. The standard InChI is InChI=1S/C17H18FN5/c1-3-10-8-21-17(19)16-15(22-9(2)23(10)16)12-4-5-13-11(14(12)18)6-7-20-13/h4-5,8,20H,3,6-7H2,1-2H3,(H2,19,21). The largest absolute Gasteiger partial charge is 0.384 e. The average Bonchev–Trinajstić information content (AvgIpc) is 3.14. The van der Waals surface area contributed by atoms with Crippen LogP contribution in [0.4, 0.5) is 15.9 Å². The van der Waals surface area contributed by atoms with Crippen LogP contribution >= 0.6 is 0 Å². The van der Waals surface area contributed by atoms with Gasteiger partial charge in [-0.1, -0.05) is 6.92 Å². The highest BCUT2D eigenvalue weighted by molar-refractivity contribution is 5.87. The number of aryl methyl sites for hydroxylation is 2. The van der Waals surface area contributed by atoms with E-state index in [4.69, 9.17) is 5.73 Å². The minimum Gasteiger partial charge on any atom is -0.384 e. The Bertz CT molecular complexity index is 929. The Balaban J connectivity index is 2.05. The zero-order valence-electron chi connectivity index (χ0n) is 13.2. The molecule has 5 nitrogen and oxygen atoms in total. The van der Waals surface area contributed by atoms with Crippen LogP contribution < -0.4 is 11.1 Å². The molecule has 2 aromatic heterocycles. The number of nitrogens with one attached hydrogen (secondary N) is 1. The number of anilines is 2. The highest BCUT2D eigenvalue weighted by atomic mass is 19.1. The number of imidazole rings is 1. The van der Waals surface area contributed by atoms with Crippen LogP contribution in [0, 0.1) is 12.7 Å². The van der Waals surface area contributed by atoms with Crippen molar-refractivity contribution < 1.29 is 4.39 Å². The second kappa shape index (κ2) is 4.94. The molecule has 0 unspecified atom stereocenters. The maximum Gasteiger partial charge on any atom is 0.150 e. The third kappa shape index (κ3) is 1.91. The lowest BCUT2D eigenvalue weighted by molar-refractivity contribution is 0.618. The molecule has 1 aliphatic rings. The molecule has 3 heterocycles. The first-order chi connectivity index (χ1) is 11.1. The van der Waals surface area contributed by atoms with E-state index in [0.717, 1.165) is 35.7 Å². The van der Waals surface area contributed by atoms with Crippen LogP contribution in [0.25, 0.3) is 16.8 Å². The molecule has 0 fully saturated rings. The molecule has 0 spiro atoms. The molecule has 0 saturated heterocycles. The van der Waals surface area contributed by atoms with Crippen LogP contribution in [-0.2, 0) is 12.8 Å². The van der Waals surface area contributed by atoms with E-state index in [9.17, 15) is 4.39 Å². The minimum atomic E-state index is -0.214. The summed E-state index contributed by atoms with van der Waals surface area (Å²) in [4.78, 5) is 8.86. The Kier molecular flexibility index (Phi) is 3.01. The molecule has 1 aliphatic heterocycles. The van der Waals surface area contributed by atoms with Crippen LogP contribution in [0.3, 0.4) is 0 Å². The number of nitrogen functional groups attached to an aromatic ring is 1. The molecule has 0 saturated carbocycles. The van der Waals surface area contributed by atoms with Crippen molar-refractivity contribution in [2.75, 3.05) is 17.6 Å². The summed E-state index contributed by atoms with van der Waals surface area (Å²) in [5, 5.41) is 3.19. The van der Waals surface area contributed by atoms with Crippen LogP contribution in [-0.4, -0.2) is 20.9 Å². The topological polar surface area (TPSA) is 68.2 Å². The second-order valence-corrected chi connectivity index (χ2v) is 5.81. The molecule has 0 radical (unpaired) electrons. The van der Waals surface area contributed by atoms with E-state index in [-0.39, 0.29) is 5.82 Å². The lowest BCUT2D eigenvalue weighted by Crippen LogP contribution is -2.03. The van der Waals surface area contributed by atoms with Gasteiger partial charge in [0.15, 0.2) is 0 Å². The Hall–Kier alpha value is -2.63. The van der Waals surface area contributed by atoms with E-state index < -0.39 is 0 Å². The van der Waals surface area contributed by atoms with E-state index in [2.05, 4.69) is 15.3 Å². The molecule has 0 atom stereocenters. The lowest BCUT2D eigenvalue weighted by atomic mass is 10.0. The van der Waals surface area contributed by atoms with Gasteiger partial charge >= 0.3 is 0 Å². The highest BCUT2D eigenvalue weighted by Gasteiger charge is 2.23. The number of nitrogens with zero attached hydrogens (tertiary/aromatic N) is 3. The maximum atomic E-state index is 15.0. The monoisotopic (exact) mass is 311 g/mol. The van der Waals surface area contributed by atoms with E-state index >= 15 is 0 Å². The molecule has 0 bridgehead atoms. The molecule has 0 amide bonds. The first-order valence-electron chi connectivity index (χ1n) is 7.79. The molecular formula is C17H18FN5. The fourth-order valence-electron chi connectivity index (χ4n) is 3.36. The van der Waals surface area contributed by atoms with Crippen LogP contribution in [0.1, 0.15) is 24.0 Å². The Morgan fingerprint density at radius 1 is 1.39 bits per heavy atom. The summed E-state index contributed by atoms with van der Waals surface area (Å²) in [6, 6.07) is 3.68. The number of halogens is 1. The normalized spacial score (nSPS) is 13.3. The minimum absolute atomic E-state index is 0.214. The van der Waals surface area contributed by atoms with Gasteiger partial charge < -0.3 is 11.1 Å². The van der Waals surface area contributed by atoms with Gasteiger partial charge in [-0.15, -0.1) is 0 Å². The predicted octanol–water partition coefficient (Wildman–Crippen LogP) is 2.96. The predicted molar refractivity (Wildman–Crippen MR) is 89.1 cm³/mol. The summed E-state index contributed by atoms with van der Waals surface area (Å²) >= 11 is 0. The summed E-state index contributed by atoms with van der Waals surface area (Å²) in [5.74, 6) is 0.948. The van der Waals surface area contributed by atoms with Crippen molar-refractivity contribution in [3.63, 3.8) is 0 Å². The number of fused-ring (bicyclic) bond motifs is 2. The van der Waals surface area contributed by atoms with Crippen molar-refractivity contribution >= 4 is 17.0 Å². The Morgan fingerprint density at radius 2 is 2.22 bits per heavy atom. The number of aromatic nitrogens is 3. The number of hydrogen-bond acceptors (Lipinski definition) is 4. The third-order valence-corrected chi connectivity index (χ3v) is 4.48. The smallest absolute Gasteiger partial charge is 0.150 e. The number of rotatable bonds is 2. The Labute approximate surface area is 133 Å². The van der Waals surface area contributed by atoms with Crippen molar-refractivity contribution in [3.05, 3.63) is 41.2 Å². The number of hydrogen-bond donors (Lipinski definition) is 2. The summed E-state index contributed by atoms with van der Waals surface area (Å²) in [5.41, 5.74) is 10.4. The molecule has 118 valence electrons. The summed E-state index contributed by atoms with van der Waals surface area (Å²) in [6.07, 6.45) is 3.24. The summed E-state index contributed by atoms with van der Waals surface area (Å²) < 4.78 is 16.9. The van der Waals surface area contributed by atoms with Crippen LogP contribution in [0.15, 0.2) is 18.3 Å². The molecule has 23 heavy (non-hydrogen) atoms. The summed E-state index contributed by atoms with van der Waals surface area (Å²) in [6.45, 7) is 4.72. The number of benzene rings is 1. The first-order valence-corrected chi connectivity index (χ1v) is 7.79. The van der Waals surface area contributed by atoms with Crippen LogP contribution in [0.5, 0.6) is 0 Å². The molecule has 0 aliphatic carbocycles. The Morgan fingerprint density at radius 3 is 3.00 bits per heavy atom. The highest BCUT2D eigenvalue weighted by Crippen LogP contribution is 2.35. The third-order valence-electron chi connectivity index (χ3n) is 4.48. The second-order valence-electron chi connectivity index (χ2n) is 5.81. The lowest BCUT2D eigenvalue weighted by Gasteiger charge is -2.09. The van der Waals surface area contributed by atoms with Gasteiger partial charge in [0.2, 0.25) is 0 Å². The van der Waals surface area contributed by atoms with Gasteiger partial charge in [0.25, 0.3) is 0 Å². The quantitative estimate of drug-likeness (QED) is 0.763. The maximum absolute atomic E-state index is 15.0. The van der Waals surface area contributed by atoms with Gasteiger partial charge in [-0.3, -0.25) is 4.40 Å². The van der Waals surface area contributed by atoms with E-state index in [1.165, 1.54) is 0 Å². The first kappa shape index (κ1) is 14.0. The number of nitrogens with two attached hydrogens (primary N) is 1. The molecule has 6 heteroatoms. The van der Waals surface area contributed by atoms with Gasteiger partial charge in [-0.05, 0) is 31.9 Å². The van der Waals surface area contributed by atoms with Gasteiger partial charge in [0.1, 0.15) is 28.7 Å². The molecular weight excluding hydrogens is 293 g/mol. The fraction of sp³-hybridized carbons (Fsp3) is 0.294. The van der Waals surface area contributed by atoms with E-state index in [1.807, 2.05) is 24.3 Å². The van der Waals surface area contributed by atoms with Gasteiger partial charge in [-0.2, -0.15) is 0 Å². The summed E-state index contributed by atoms with van der Waals surface area (Å²) in [7, 11) is 0. The zero-order chi connectivity index (χ0) is 16.1. The van der Waals surface area contributed by atoms with Gasteiger partial charge in [0, 0.05) is 35.2 Å². The zero-order valence-corrected chi connectivity index (χ0v) is 13.2. The van der Waals surface area contributed by atoms with Crippen molar-refractivity contribution in [2.45, 2.75) is 26.7 Å². The van der Waals surface area contributed by atoms with E-state index in [0.29, 0.717) is 29.0 Å². The van der Waals surface area contributed by atoms with Gasteiger partial charge in [-0.25, -0.2) is 14.4 Å².